The van der Waals surface area contributed by atoms with Crippen LogP contribution >= 0.6 is 0 Å². The number of hydrogen-bond acceptors (Lipinski definition) is 0. The van der Waals surface area contributed by atoms with Crippen LogP contribution in [0.25, 0.3) is 0 Å². The smallest absolute Gasteiger partial charge is 0.0346 e. The van der Waals surface area contributed by atoms with E-state index in [0.717, 1.165) is 0 Å². The molecule has 0 N–H and O–H groups in total. The zero-order chi connectivity index (χ0) is 9.40. The van der Waals surface area contributed by atoms with E-state index in [9.17, 15) is 0 Å². The van der Waals surface area contributed by atoms with E-state index in [1.807, 2.05) is 0 Å². The number of rotatable bonds is 5. The van der Waals surface area contributed by atoms with Crippen LogP contribution in [0, 0.1) is 0 Å². The molecule has 0 rings (SSSR count). The summed E-state index contributed by atoms with van der Waals surface area (Å²) in [5.74, 6) is 0. The lowest BCUT2D eigenvalue weighted by Gasteiger charge is -1.98. The highest BCUT2D eigenvalue weighted by Gasteiger charge is 1.88. The first-order valence-corrected chi connectivity index (χ1v) is 5.05. The Balaban J connectivity index is 3.82. The van der Waals surface area contributed by atoms with E-state index in [1.54, 1.807) is 0 Å². The van der Waals surface area contributed by atoms with E-state index >= 15 is 0 Å². The van der Waals surface area contributed by atoms with Gasteiger partial charge in [-0.05, 0) is 26.7 Å². The van der Waals surface area contributed by atoms with Crippen molar-refractivity contribution in [1.82, 2.24) is 0 Å². The van der Waals surface area contributed by atoms with Crippen molar-refractivity contribution in [2.24, 2.45) is 0 Å². The third kappa shape index (κ3) is 5.17. The van der Waals surface area contributed by atoms with Crippen molar-refractivity contribution in [2.45, 2.75) is 53.4 Å². The van der Waals surface area contributed by atoms with Crippen LogP contribution in [0.5, 0.6) is 0 Å². The van der Waals surface area contributed by atoms with Gasteiger partial charge in [-0.25, -0.2) is 0 Å². The second kappa shape index (κ2) is 7.15. The molecule has 12 heavy (non-hydrogen) atoms. The Morgan fingerprint density at radius 1 is 1.17 bits per heavy atom. The topological polar surface area (TPSA) is 0 Å². The Bertz CT molecular complexity index is 161. The maximum atomic E-state index is 2.29. The monoisotopic (exact) mass is 166 g/mol. The zero-order valence-corrected chi connectivity index (χ0v) is 8.98. The quantitative estimate of drug-likeness (QED) is 0.417. The van der Waals surface area contributed by atoms with Crippen LogP contribution in [0.1, 0.15) is 53.4 Å². The van der Waals surface area contributed by atoms with Gasteiger partial charge in [0, 0.05) is 0 Å². The van der Waals surface area contributed by atoms with Gasteiger partial charge in [0.15, 0.2) is 0 Å². The third-order valence-corrected chi connectivity index (χ3v) is 2.30. The summed E-state index contributed by atoms with van der Waals surface area (Å²) in [5, 5.41) is 0. The van der Waals surface area contributed by atoms with Gasteiger partial charge < -0.3 is 0 Å². The van der Waals surface area contributed by atoms with Crippen molar-refractivity contribution in [3.8, 4) is 0 Å². The third-order valence-electron chi connectivity index (χ3n) is 2.30. The summed E-state index contributed by atoms with van der Waals surface area (Å²) < 4.78 is 0. The summed E-state index contributed by atoms with van der Waals surface area (Å²) in [7, 11) is 0. The highest BCUT2D eigenvalue weighted by Crippen LogP contribution is 2.09. The van der Waals surface area contributed by atoms with Crippen LogP contribution in [0.15, 0.2) is 23.3 Å². The summed E-state index contributed by atoms with van der Waals surface area (Å²) in [6.07, 6.45) is 9.55. The molecule has 0 radical (unpaired) electrons. The molecular weight excluding hydrogens is 144 g/mol. The molecule has 0 fully saturated rings. The maximum absolute atomic E-state index is 2.29. The molecule has 0 aromatic heterocycles. The van der Waals surface area contributed by atoms with Crippen molar-refractivity contribution in [2.75, 3.05) is 0 Å². The molecule has 0 atom stereocenters. The molecule has 0 saturated heterocycles. The Hall–Kier alpha value is -0.520. The molecule has 0 nitrogen and oxygen atoms in total. The second-order valence-corrected chi connectivity index (χ2v) is 3.36. The van der Waals surface area contributed by atoms with Crippen LogP contribution in [0.3, 0.4) is 0 Å². The van der Waals surface area contributed by atoms with Crippen LogP contribution in [0.4, 0.5) is 0 Å². The largest absolute Gasteiger partial charge is 0.0843 e. The van der Waals surface area contributed by atoms with Crippen molar-refractivity contribution < 1.29 is 0 Å². The van der Waals surface area contributed by atoms with Crippen molar-refractivity contribution >= 4 is 0 Å². The van der Waals surface area contributed by atoms with Crippen LogP contribution in [0.2, 0.25) is 0 Å². The van der Waals surface area contributed by atoms with Crippen LogP contribution < -0.4 is 0 Å². The first kappa shape index (κ1) is 11.5. The number of unbranched alkanes of at least 4 members (excludes halogenated alkanes) is 2. The molecule has 0 saturated carbocycles. The molecule has 0 aromatic carbocycles. The lowest BCUT2D eigenvalue weighted by molar-refractivity contribution is 0.814. The molecule has 0 aliphatic rings. The van der Waals surface area contributed by atoms with Gasteiger partial charge in [-0.1, -0.05) is 50.0 Å². The molecule has 0 aromatic rings. The Kier molecular flexibility index (Phi) is 6.84. The molecule has 0 aliphatic heterocycles. The average molecular weight is 166 g/mol. The fraction of sp³-hybridized carbons (Fsp3) is 0.667. The van der Waals surface area contributed by atoms with Crippen LogP contribution in [-0.2, 0) is 0 Å². The van der Waals surface area contributed by atoms with E-state index in [2.05, 4.69) is 39.8 Å². The predicted molar refractivity (Wildman–Crippen MR) is 57.3 cm³/mol. The van der Waals surface area contributed by atoms with Gasteiger partial charge in [-0.2, -0.15) is 0 Å². The maximum Gasteiger partial charge on any atom is -0.0346 e. The van der Waals surface area contributed by atoms with E-state index in [0.29, 0.717) is 0 Å². The molecule has 0 bridgehead atoms. The lowest BCUT2D eigenvalue weighted by atomic mass is 10.1. The minimum atomic E-state index is 1.17. The van der Waals surface area contributed by atoms with E-state index in [-0.39, 0.29) is 0 Å². The molecule has 0 spiro atoms. The van der Waals surface area contributed by atoms with Gasteiger partial charge in [-0.15, -0.1) is 0 Å². The fourth-order valence-electron chi connectivity index (χ4n) is 1.00. The first-order valence-electron chi connectivity index (χ1n) is 5.05. The lowest BCUT2D eigenvalue weighted by Crippen LogP contribution is -1.78. The fourth-order valence-corrected chi connectivity index (χ4v) is 1.00. The molecule has 0 aliphatic carbocycles. The van der Waals surface area contributed by atoms with Gasteiger partial charge >= 0.3 is 0 Å². The SMILES string of the molecule is CCCCC=CC(C)=C(C)CC. The first-order chi connectivity index (χ1) is 5.72. The minimum Gasteiger partial charge on any atom is -0.0843 e. The second-order valence-electron chi connectivity index (χ2n) is 3.36. The summed E-state index contributed by atoms with van der Waals surface area (Å²) in [6, 6.07) is 0. The number of allylic oxidation sites excluding steroid dienone is 4. The highest BCUT2D eigenvalue weighted by molar-refractivity contribution is 5.21. The Labute approximate surface area is 77.4 Å². The molecular formula is C12H22. The highest BCUT2D eigenvalue weighted by atomic mass is 13.9. The molecule has 70 valence electrons. The minimum absolute atomic E-state index is 1.17. The van der Waals surface area contributed by atoms with Crippen LogP contribution in [-0.4, -0.2) is 0 Å². The predicted octanol–water partition coefficient (Wildman–Crippen LogP) is 4.48. The molecule has 0 unspecified atom stereocenters. The summed E-state index contributed by atoms with van der Waals surface area (Å²) in [5.41, 5.74) is 2.94. The normalized spacial score (nSPS) is 13.7. The molecule has 0 heterocycles. The van der Waals surface area contributed by atoms with Crippen molar-refractivity contribution in [3.63, 3.8) is 0 Å². The number of hydrogen-bond donors (Lipinski definition) is 0. The van der Waals surface area contributed by atoms with E-state index in [1.165, 1.54) is 36.8 Å². The van der Waals surface area contributed by atoms with E-state index in [4.69, 9.17) is 0 Å². The molecule has 0 amide bonds. The average Bonchev–Trinajstić information content (AvgIpc) is 2.10. The summed E-state index contributed by atoms with van der Waals surface area (Å²) >= 11 is 0. The molecule has 0 heteroatoms. The van der Waals surface area contributed by atoms with Gasteiger partial charge in [0.05, 0.1) is 0 Å². The van der Waals surface area contributed by atoms with Gasteiger partial charge in [-0.3, -0.25) is 0 Å². The van der Waals surface area contributed by atoms with Gasteiger partial charge in [0.25, 0.3) is 0 Å². The van der Waals surface area contributed by atoms with Gasteiger partial charge in [0.1, 0.15) is 0 Å². The van der Waals surface area contributed by atoms with Crippen molar-refractivity contribution in [3.05, 3.63) is 23.3 Å². The summed E-state index contributed by atoms with van der Waals surface area (Å²) in [6.45, 7) is 8.84. The van der Waals surface area contributed by atoms with Crippen molar-refractivity contribution in [1.29, 1.82) is 0 Å². The van der Waals surface area contributed by atoms with E-state index < -0.39 is 0 Å². The zero-order valence-electron chi connectivity index (χ0n) is 8.98. The van der Waals surface area contributed by atoms with Gasteiger partial charge in [0.2, 0.25) is 0 Å². The Morgan fingerprint density at radius 3 is 2.33 bits per heavy atom. The standard InChI is InChI=1S/C12H22/c1-5-7-8-9-10-12(4)11(3)6-2/h9-10H,5-8H2,1-4H3. The Morgan fingerprint density at radius 2 is 1.83 bits per heavy atom. The summed E-state index contributed by atoms with van der Waals surface area (Å²) in [4.78, 5) is 0.